The molecule has 1 aliphatic heterocycles. The molecule has 7 nitrogen and oxygen atoms in total. The molecule has 7 heteroatoms. The van der Waals surface area contributed by atoms with Crippen molar-refractivity contribution in [3.8, 4) is 0 Å². The van der Waals surface area contributed by atoms with Crippen LogP contribution in [0.15, 0.2) is 0 Å². The summed E-state index contributed by atoms with van der Waals surface area (Å²) >= 11 is 0. The molecule has 1 rings (SSSR count). The van der Waals surface area contributed by atoms with E-state index in [1.54, 1.807) is 6.92 Å². The number of likely N-dealkylation sites (tertiary alicyclic amines) is 1. The van der Waals surface area contributed by atoms with Crippen LogP contribution in [0.2, 0.25) is 0 Å². The second-order valence-electron chi connectivity index (χ2n) is 4.56. The predicted octanol–water partition coefficient (Wildman–Crippen LogP) is 0.444. The molecule has 0 spiro atoms. The number of aliphatic carboxylic acids is 1. The Bertz CT molecular complexity index is 358. The van der Waals surface area contributed by atoms with E-state index in [0.717, 1.165) is 12.8 Å². The van der Waals surface area contributed by atoms with Gasteiger partial charge in [-0.05, 0) is 25.7 Å². The van der Waals surface area contributed by atoms with Crippen LogP contribution in [0.3, 0.4) is 0 Å². The van der Waals surface area contributed by atoms with Crippen molar-refractivity contribution in [2.24, 2.45) is 5.92 Å². The minimum absolute atomic E-state index is 0.0976. The smallest absolute Gasteiger partial charge is 0.326 e. The lowest BCUT2D eigenvalue weighted by Gasteiger charge is -2.37. The highest BCUT2D eigenvalue weighted by Crippen LogP contribution is 2.23. The van der Waals surface area contributed by atoms with Crippen molar-refractivity contribution >= 4 is 18.0 Å². The van der Waals surface area contributed by atoms with Gasteiger partial charge in [0.25, 0.3) is 0 Å². The number of hydrogen-bond donors (Lipinski definition) is 2. The quantitative estimate of drug-likeness (QED) is 0.724. The average Bonchev–Trinajstić information content (AvgIpc) is 2.35. The summed E-state index contributed by atoms with van der Waals surface area (Å²) in [5.74, 6) is -1.65. The number of nitrogens with zero attached hydrogens (tertiary/aromatic N) is 1. The fraction of sp³-hybridized carbons (Fsp3) is 0.750. The highest BCUT2D eigenvalue weighted by atomic mass is 16.5. The summed E-state index contributed by atoms with van der Waals surface area (Å²) < 4.78 is 4.69. The lowest BCUT2D eigenvalue weighted by atomic mass is 9.91. The van der Waals surface area contributed by atoms with Gasteiger partial charge >= 0.3 is 18.0 Å². The molecular weight excluding hydrogens is 252 g/mol. The Labute approximate surface area is 111 Å². The van der Waals surface area contributed by atoms with Crippen LogP contribution in [0.1, 0.15) is 26.7 Å². The van der Waals surface area contributed by atoms with Gasteiger partial charge in [-0.1, -0.05) is 6.92 Å². The van der Waals surface area contributed by atoms with Crippen LogP contribution >= 0.6 is 0 Å². The van der Waals surface area contributed by atoms with Crippen molar-refractivity contribution in [3.05, 3.63) is 0 Å². The van der Waals surface area contributed by atoms with E-state index in [9.17, 15) is 19.5 Å². The number of rotatable bonds is 4. The zero-order valence-electron chi connectivity index (χ0n) is 11.2. The molecule has 1 fully saturated rings. The van der Waals surface area contributed by atoms with E-state index in [-0.39, 0.29) is 19.1 Å². The molecule has 19 heavy (non-hydrogen) atoms. The summed E-state index contributed by atoms with van der Waals surface area (Å²) in [4.78, 5) is 35.5. The average molecular weight is 272 g/mol. The molecule has 2 N–H and O–H groups in total. The van der Waals surface area contributed by atoms with Crippen LogP contribution in [0.25, 0.3) is 0 Å². The summed E-state index contributed by atoms with van der Waals surface area (Å²) in [6.07, 6.45) is 1.54. The number of carbonyl (C=O) groups excluding carboxylic acids is 2. The SMILES string of the molecule is CCOC(=O)CNC(=O)N1CCCC(C)C1C(=O)O. The van der Waals surface area contributed by atoms with Crippen LogP contribution < -0.4 is 5.32 Å². The Morgan fingerprint density at radius 1 is 1.42 bits per heavy atom. The van der Waals surface area contributed by atoms with Crippen molar-refractivity contribution in [2.75, 3.05) is 19.7 Å². The number of piperidine rings is 1. The summed E-state index contributed by atoms with van der Waals surface area (Å²) in [7, 11) is 0. The first-order valence-electron chi connectivity index (χ1n) is 6.40. The number of hydrogen-bond acceptors (Lipinski definition) is 4. The van der Waals surface area contributed by atoms with Gasteiger partial charge in [0.15, 0.2) is 0 Å². The number of esters is 1. The largest absolute Gasteiger partial charge is 0.480 e. The predicted molar refractivity (Wildman–Crippen MR) is 66.6 cm³/mol. The monoisotopic (exact) mass is 272 g/mol. The van der Waals surface area contributed by atoms with Gasteiger partial charge in [-0.15, -0.1) is 0 Å². The molecular formula is C12H20N2O5. The molecule has 108 valence electrons. The lowest BCUT2D eigenvalue weighted by Crippen LogP contribution is -2.55. The van der Waals surface area contributed by atoms with E-state index in [4.69, 9.17) is 0 Å². The minimum Gasteiger partial charge on any atom is -0.480 e. The number of ether oxygens (including phenoxy) is 1. The first kappa shape index (κ1) is 15.3. The third-order valence-electron chi connectivity index (χ3n) is 3.14. The number of carboxylic acids is 1. The maximum absolute atomic E-state index is 11.9. The molecule has 2 amide bonds. The number of amides is 2. The Hall–Kier alpha value is -1.79. The number of nitrogens with one attached hydrogen (secondary N) is 1. The van der Waals surface area contributed by atoms with E-state index in [0.29, 0.717) is 6.54 Å². The van der Waals surface area contributed by atoms with Gasteiger partial charge in [0, 0.05) is 6.54 Å². The van der Waals surface area contributed by atoms with E-state index in [1.807, 2.05) is 6.92 Å². The normalized spacial score (nSPS) is 22.7. The van der Waals surface area contributed by atoms with E-state index >= 15 is 0 Å². The molecule has 2 atom stereocenters. The van der Waals surface area contributed by atoms with E-state index < -0.39 is 24.0 Å². The zero-order valence-corrected chi connectivity index (χ0v) is 11.2. The molecule has 0 aromatic heterocycles. The van der Waals surface area contributed by atoms with Crippen molar-refractivity contribution in [1.82, 2.24) is 10.2 Å². The van der Waals surface area contributed by atoms with E-state index in [1.165, 1.54) is 4.90 Å². The van der Waals surface area contributed by atoms with Gasteiger partial charge < -0.3 is 20.1 Å². The molecule has 0 aliphatic carbocycles. The van der Waals surface area contributed by atoms with Gasteiger partial charge in [-0.2, -0.15) is 0 Å². The fourth-order valence-electron chi connectivity index (χ4n) is 2.25. The third-order valence-corrected chi connectivity index (χ3v) is 3.14. The molecule has 1 aliphatic rings. The molecule has 0 saturated carbocycles. The first-order valence-corrected chi connectivity index (χ1v) is 6.40. The second kappa shape index (κ2) is 6.96. The van der Waals surface area contributed by atoms with Crippen molar-refractivity contribution < 1.29 is 24.2 Å². The Kier molecular flexibility index (Phi) is 5.59. The minimum atomic E-state index is -1.02. The highest BCUT2D eigenvalue weighted by Gasteiger charge is 2.37. The summed E-state index contributed by atoms with van der Waals surface area (Å²) in [5.41, 5.74) is 0. The van der Waals surface area contributed by atoms with Gasteiger partial charge in [-0.3, -0.25) is 4.79 Å². The Morgan fingerprint density at radius 2 is 2.11 bits per heavy atom. The van der Waals surface area contributed by atoms with Crippen LogP contribution in [0, 0.1) is 5.92 Å². The molecule has 0 bridgehead atoms. The maximum atomic E-state index is 11.9. The summed E-state index contributed by atoms with van der Waals surface area (Å²) in [6.45, 7) is 3.86. The van der Waals surface area contributed by atoms with Gasteiger partial charge in [0.1, 0.15) is 12.6 Å². The molecule has 1 saturated heterocycles. The Balaban J connectivity index is 2.58. The van der Waals surface area contributed by atoms with E-state index in [2.05, 4.69) is 10.1 Å². The standard InChI is InChI=1S/C12H20N2O5/c1-3-19-9(15)7-13-12(18)14-6-4-5-8(2)10(14)11(16)17/h8,10H,3-7H2,1-2H3,(H,13,18)(H,16,17). The molecule has 0 aromatic rings. The zero-order chi connectivity index (χ0) is 14.4. The Morgan fingerprint density at radius 3 is 2.68 bits per heavy atom. The number of urea groups is 1. The second-order valence-corrected chi connectivity index (χ2v) is 4.56. The third kappa shape index (κ3) is 4.11. The summed E-state index contributed by atoms with van der Waals surface area (Å²) in [5, 5.41) is 11.6. The first-order chi connectivity index (χ1) is 8.97. The van der Waals surface area contributed by atoms with Gasteiger partial charge in [-0.25, -0.2) is 9.59 Å². The molecule has 0 aromatic carbocycles. The van der Waals surface area contributed by atoms with Crippen molar-refractivity contribution in [3.63, 3.8) is 0 Å². The molecule has 1 heterocycles. The fourth-order valence-corrected chi connectivity index (χ4v) is 2.25. The molecule has 2 unspecified atom stereocenters. The van der Waals surface area contributed by atoms with Crippen LogP contribution in [0.5, 0.6) is 0 Å². The van der Waals surface area contributed by atoms with Crippen molar-refractivity contribution in [1.29, 1.82) is 0 Å². The van der Waals surface area contributed by atoms with Gasteiger partial charge in [0.2, 0.25) is 0 Å². The van der Waals surface area contributed by atoms with Crippen LogP contribution in [0.4, 0.5) is 4.79 Å². The van der Waals surface area contributed by atoms with Crippen LogP contribution in [-0.4, -0.2) is 53.7 Å². The van der Waals surface area contributed by atoms with Gasteiger partial charge in [0.05, 0.1) is 6.61 Å². The topological polar surface area (TPSA) is 95.9 Å². The van der Waals surface area contributed by atoms with Crippen molar-refractivity contribution in [2.45, 2.75) is 32.7 Å². The highest BCUT2D eigenvalue weighted by molar-refractivity contribution is 5.85. The maximum Gasteiger partial charge on any atom is 0.326 e. The summed E-state index contributed by atoms with van der Waals surface area (Å²) in [6, 6.07) is -1.37. The number of carboxylic acid groups (broad SMARTS) is 1. The van der Waals surface area contributed by atoms with Crippen LogP contribution in [-0.2, 0) is 14.3 Å². The number of carbonyl (C=O) groups is 3. The lowest BCUT2D eigenvalue weighted by molar-refractivity contribution is -0.145. The molecule has 0 radical (unpaired) electrons.